The van der Waals surface area contributed by atoms with Gasteiger partial charge in [-0.1, -0.05) is 13.8 Å². The Hall–Kier alpha value is -0.610. The Morgan fingerprint density at radius 2 is 1.59 bits per heavy atom. The molecule has 100 valence electrons. The molecule has 2 rings (SSSR count). The lowest BCUT2D eigenvalue weighted by molar-refractivity contribution is -0.137. The number of piperidine rings is 1. The first kappa shape index (κ1) is 14.5. The van der Waals surface area contributed by atoms with Gasteiger partial charge in [0.1, 0.15) is 0 Å². The summed E-state index contributed by atoms with van der Waals surface area (Å²) in [6.45, 7) is 9.89. The molecule has 0 radical (unpaired) electrons. The maximum Gasteiger partial charge on any atom is 0.225 e. The van der Waals surface area contributed by atoms with Gasteiger partial charge in [0.25, 0.3) is 0 Å². The van der Waals surface area contributed by atoms with Crippen molar-refractivity contribution in [2.45, 2.75) is 26.7 Å². The highest BCUT2D eigenvalue weighted by Gasteiger charge is 2.27. The van der Waals surface area contributed by atoms with E-state index in [0.29, 0.717) is 5.91 Å². The molecule has 2 aliphatic heterocycles. The van der Waals surface area contributed by atoms with E-state index in [4.69, 9.17) is 0 Å². The van der Waals surface area contributed by atoms with E-state index >= 15 is 0 Å². The van der Waals surface area contributed by atoms with Crippen LogP contribution in [0, 0.1) is 5.92 Å². The summed E-state index contributed by atoms with van der Waals surface area (Å²) in [5.74, 6) is 0.680. The van der Waals surface area contributed by atoms with E-state index < -0.39 is 0 Å². The lowest BCUT2D eigenvalue weighted by Gasteiger charge is -2.35. The molecule has 2 saturated heterocycles. The Morgan fingerprint density at radius 3 is 2.12 bits per heavy atom. The summed E-state index contributed by atoms with van der Waals surface area (Å²) >= 11 is 0. The zero-order valence-corrected chi connectivity index (χ0v) is 11.5. The number of hydrogen-bond acceptors (Lipinski definition) is 3. The van der Waals surface area contributed by atoms with Gasteiger partial charge in [0.05, 0.1) is 0 Å². The molecule has 4 nitrogen and oxygen atoms in total. The van der Waals surface area contributed by atoms with Gasteiger partial charge in [-0.15, -0.1) is 0 Å². The summed E-state index contributed by atoms with van der Waals surface area (Å²) in [7, 11) is 2.12. The molecule has 0 atom stereocenters. The Bertz CT molecular complexity index is 219. The topological polar surface area (TPSA) is 35.6 Å². The van der Waals surface area contributed by atoms with E-state index in [-0.39, 0.29) is 5.92 Å². The number of nitrogens with zero attached hydrogens (tertiary/aromatic N) is 2. The third-order valence-corrected chi connectivity index (χ3v) is 3.50. The van der Waals surface area contributed by atoms with Gasteiger partial charge >= 0.3 is 0 Å². The van der Waals surface area contributed by atoms with Crippen LogP contribution in [0.2, 0.25) is 0 Å². The number of likely N-dealkylation sites (N-methyl/N-ethyl adjacent to an activating group) is 1. The van der Waals surface area contributed by atoms with Crippen molar-refractivity contribution < 1.29 is 4.79 Å². The number of carbonyl (C=O) groups excluding carboxylic acids is 1. The van der Waals surface area contributed by atoms with Crippen molar-refractivity contribution in [2.75, 3.05) is 46.3 Å². The molecule has 2 heterocycles. The Balaban J connectivity index is 0.000000686. The van der Waals surface area contributed by atoms with E-state index in [1.807, 2.05) is 13.8 Å². The highest BCUT2D eigenvalue weighted by atomic mass is 16.2. The SMILES string of the molecule is CC.CN1CCN(C(=O)C2CCNCC2)CC1. The summed E-state index contributed by atoms with van der Waals surface area (Å²) in [6, 6.07) is 0. The zero-order valence-electron chi connectivity index (χ0n) is 11.5. The van der Waals surface area contributed by atoms with Crippen molar-refractivity contribution in [3.05, 3.63) is 0 Å². The van der Waals surface area contributed by atoms with Crippen LogP contribution in [-0.4, -0.2) is 62.0 Å². The van der Waals surface area contributed by atoms with E-state index in [1.165, 1.54) is 0 Å². The lowest BCUT2D eigenvalue weighted by Crippen LogP contribution is -2.50. The van der Waals surface area contributed by atoms with Gasteiger partial charge in [0.15, 0.2) is 0 Å². The van der Waals surface area contributed by atoms with Crippen LogP contribution in [-0.2, 0) is 4.79 Å². The van der Waals surface area contributed by atoms with Crippen molar-refractivity contribution in [3.63, 3.8) is 0 Å². The van der Waals surface area contributed by atoms with Crippen LogP contribution in [0.1, 0.15) is 26.7 Å². The average Bonchev–Trinajstić information content (AvgIpc) is 2.42. The predicted octanol–water partition coefficient (Wildman–Crippen LogP) is 0.786. The van der Waals surface area contributed by atoms with E-state index in [0.717, 1.165) is 52.1 Å². The predicted molar refractivity (Wildman–Crippen MR) is 71.0 cm³/mol. The number of piperazine rings is 1. The average molecular weight is 241 g/mol. The number of nitrogens with one attached hydrogen (secondary N) is 1. The summed E-state index contributed by atoms with van der Waals surface area (Å²) in [5.41, 5.74) is 0. The minimum absolute atomic E-state index is 0.287. The molecular weight excluding hydrogens is 214 g/mol. The van der Waals surface area contributed by atoms with Crippen molar-refractivity contribution in [1.82, 2.24) is 15.1 Å². The van der Waals surface area contributed by atoms with Gasteiger partial charge in [0, 0.05) is 32.1 Å². The fourth-order valence-electron chi connectivity index (χ4n) is 2.35. The standard InChI is InChI=1S/C11H21N3O.C2H6/c1-13-6-8-14(9-7-13)11(15)10-2-4-12-5-3-10;1-2/h10,12H,2-9H2,1H3;1-2H3. The maximum absolute atomic E-state index is 12.1. The molecule has 0 saturated carbocycles. The minimum atomic E-state index is 0.287. The van der Waals surface area contributed by atoms with E-state index in [9.17, 15) is 4.79 Å². The first-order valence-corrected chi connectivity index (χ1v) is 6.95. The van der Waals surface area contributed by atoms with Crippen LogP contribution in [0.15, 0.2) is 0 Å². The van der Waals surface area contributed by atoms with E-state index in [1.54, 1.807) is 0 Å². The zero-order chi connectivity index (χ0) is 12.7. The Kier molecular flexibility index (Phi) is 6.52. The third kappa shape index (κ3) is 4.28. The maximum atomic E-state index is 12.1. The molecule has 0 aromatic rings. The molecule has 1 N–H and O–H groups in total. The first-order chi connectivity index (χ1) is 8.27. The quantitative estimate of drug-likeness (QED) is 0.737. The number of amides is 1. The number of hydrogen-bond donors (Lipinski definition) is 1. The van der Waals surface area contributed by atoms with Crippen molar-refractivity contribution in [2.24, 2.45) is 5.92 Å². The molecule has 4 heteroatoms. The molecule has 0 aliphatic carbocycles. The van der Waals surface area contributed by atoms with Crippen LogP contribution in [0.25, 0.3) is 0 Å². The lowest BCUT2D eigenvalue weighted by atomic mass is 9.96. The molecule has 0 aromatic carbocycles. The van der Waals surface area contributed by atoms with Crippen LogP contribution >= 0.6 is 0 Å². The van der Waals surface area contributed by atoms with Gasteiger partial charge in [-0.3, -0.25) is 4.79 Å². The fourth-order valence-corrected chi connectivity index (χ4v) is 2.35. The third-order valence-electron chi connectivity index (χ3n) is 3.50. The summed E-state index contributed by atoms with van der Waals surface area (Å²) < 4.78 is 0. The van der Waals surface area contributed by atoms with Crippen molar-refractivity contribution in [3.8, 4) is 0 Å². The summed E-state index contributed by atoms with van der Waals surface area (Å²) in [6.07, 6.45) is 2.04. The Morgan fingerprint density at radius 1 is 1.06 bits per heavy atom. The fraction of sp³-hybridized carbons (Fsp3) is 0.923. The largest absolute Gasteiger partial charge is 0.340 e. The smallest absolute Gasteiger partial charge is 0.225 e. The van der Waals surface area contributed by atoms with Crippen LogP contribution in [0.5, 0.6) is 0 Å². The van der Waals surface area contributed by atoms with Crippen LogP contribution in [0.4, 0.5) is 0 Å². The molecule has 1 amide bonds. The highest BCUT2D eigenvalue weighted by molar-refractivity contribution is 5.79. The molecule has 2 aliphatic rings. The second-order valence-electron chi connectivity index (χ2n) is 4.65. The normalized spacial score (nSPS) is 22.9. The summed E-state index contributed by atoms with van der Waals surface area (Å²) in [4.78, 5) is 16.5. The first-order valence-electron chi connectivity index (χ1n) is 6.95. The molecular formula is C13H27N3O. The van der Waals surface area contributed by atoms with Gasteiger partial charge in [0.2, 0.25) is 5.91 Å². The molecule has 0 aromatic heterocycles. The van der Waals surface area contributed by atoms with Crippen LogP contribution in [0.3, 0.4) is 0 Å². The molecule has 2 fully saturated rings. The van der Waals surface area contributed by atoms with Crippen LogP contribution < -0.4 is 5.32 Å². The second-order valence-corrected chi connectivity index (χ2v) is 4.65. The second kappa shape index (κ2) is 7.67. The highest BCUT2D eigenvalue weighted by Crippen LogP contribution is 2.16. The molecule has 0 unspecified atom stereocenters. The number of rotatable bonds is 1. The van der Waals surface area contributed by atoms with Gasteiger partial charge < -0.3 is 15.1 Å². The van der Waals surface area contributed by atoms with Gasteiger partial charge in [-0.25, -0.2) is 0 Å². The molecule has 0 spiro atoms. The van der Waals surface area contributed by atoms with Crippen molar-refractivity contribution in [1.29, 1.82) is 0 Å². The van der Waals surface area contributed by atoms with Crippen molar-refractivity contribution >= 4 is 5.91 Å². The number of carbonyl (C=O) groups is 1. The monoisotopic (exact) mass is 241 g/mol. The summed E-state index contributed by atoms with van der Waals surface area (Å²) in [5, 5.41) is 3.30. The molecule has 17 heavy (non-hydrogen) atoms. The van der Waals surface area contributed by atoms with Gasteiger partial charge in [-0.05, 0) is 33.0 Å². The van der Waals surface area contributed by atoms with E-state index in [2.05, 4.69) is 22.2 Å². The minimum Gasteiger partial charge on any atom is -0.340 e. The Labute approximate surface area is 105 Å². The van der Waals surface area contributed by atoms with Gasteiger partial charge in [-0.2, -0.15) is 0 Å². The molecule has 0 bridgehead atoms.